The molecule has 7 heteroatoms. The van der Waals surface area contributed by atoms with E-state index in [1.54, 1.807) is 0 Å². The van der Waals surface area contributed by atoms with Crippen LogP contribution >= 0.6 is 0 Å². The van der Waals surface area contributed by atoms with Crippen molar-refractivity contribution in [3.8, 4) is 0 Å². The number of aryl methyl sites for hydroxylation is 1. The average Bonchev–Trinajstić information content (AvgIpc) is 2.81. The third kappa shape index (κ3) is 3.21. The lowest BCUT2D eigenvalue weighted by atomic mass is 9.93. The standard InChI is InChI=1S/C14H19N5O2/c1-8-11(10-4-2-3-5-12(10)17-8)6-9(14(21)19-16)7-13(20)18-15/h2-5,9,17H,6-7,15-16H2,1H3,(H,18,20)(H,19,21)/t9-/m1/s1. The molecule has 0 fully saturated rings. The number of hydrogen-bond donors (Lipinski definition) is 5. The number of rotatable bonds is 5. The van der Waals surface area contributed by atoms with Gasteiger partial charge in [-0.05, 0) is 25.0 Å². The summed E-state index contributed by atoms with van der Waals surface area (Å²) in [7, 11) is 0. The minimum absolute atomic E-state index is 0.0154. The van der Waals surface area contributed by atoms with Gasteiger partial charge < -0.3 is 4.98 Å². The third-order valence-corrected chi connectivity index (χ3v) is 3.58. The summed E-state index contributed by atoms with van der Waals surface area (Å²) in [5, 5.41) is 1.04. The number of hydrogen-bond acceptors (Lipinski definition) is 4. The van der Waals surface area contributed by atoms with Crippen LogP contribution in [0.25, 0.3) is 10.9 Å². The number of nitrogens with two attached hydrogens (primary N) is 2. The van der Waals surface area contributed by atoms with Gasteiger partial charge in [0.25, 0.3) is 0 Å². The molecule has 0 saturated carbocycles. The van der Waals surface area contributed by atoms with Gasteiger partial charge in [-0.1, -0.05) is 18.2 Å². The zero-order chi connectivity index (χ0) is 15.4. The van der Waals surface area contributed by atoms with Gasteiger partial charge in [0.1, 0.15) is 0 Å². The molecule has 2 aromatic rings. The molecule has 0 spiro atoms. The van der Waals surface area contributed by atoms with Crippen molar-refractivity contribution >= 4 is 22.7 Å². The molecule has 7 nitrogen and oxygen atoms in total. The smallest absolute Gasteiger partial charge is 0.237 e. The molecule has 2 rings (SSSR count). The highest BCUT2D eigenvalue weighted by atomic mass is 16.2. The zero-order valence-electron chi connectivity index (χ0n) is 11.8. The lowest BCUT2D eigenvalue weighted by Crippen LogP contribution is -2.40. The van der Waals surface area contributed by atoms with Crippen LogP contribution in [-0.2, 0) is 16.0 Å². The number of carbonyl (C=O) groups excluding carboxylic acids is 2. The van der Waals surface area contributed by atoms with Crippen molar-refractivity contribution in [1.82, 2.24) is 15.8 Å². The predicted octanol–water partition coefficient (Wildman–Crippen LogP) is 0.00492. The Morgan fingerprint density at radius 2 is 1.95 bits per heavy atom. The molecule has 21 heavy (non-hydrogen) atoms. The number of benzene rings is 1. The first-order chi connectivity index (χ1) is 10.1. The van der Waals surface area contributed by atoms with Crippen LogP contribution in [0.5, 0.6) is 0 Å². The fourth-order valence-corrected chi connectivity index (χ4v) is 2.50. The number of aromatic amines is 1. The van der Waals surface area contributed by atoms with E-state index in [1.807, 2.05) is 36.6 Å². The van der Waals surface area contributed by atoms with Gasteiger partial charge in [0.2, 0.25) is 11.8 Å². The molecule has 2 amide bonds. The monoisotopic (exact) mass is 289 g/mol. The zero-order valence-corrected chi connectivity index (χ0v) is 11.8. The van der Waals surface area contributed by atoms with E-state index in [1.165, 1.54) is 0 Å². The molecule has 0 aliphatic heterocycles. The Kier molecular flexibility index (Phi) is 4.56. The van der Waals surface area contributed by atoms with E-state index in [0.29, 0.717) is 6.42 Å². The quantitative estimate of drug-likeness (QED) is 0.302. The van der Waals surface area contributed by atoms with Gasteiger partial charge in [-0.15, -0.1) is 0 Å². The lowest BCUT2D eigenvalue weighted by molar-refractivity contribution is -0.130. The molecule has 0 aliphatic rings. The highest BCUT2D eigenvalue weighted by Gasteiger charge is 2.23. The number of amides is 2. The molecule has 1 atom stereocenters. The summed E-state index contributed by atoms with van der Waals surface area (Å²) >= 11 is 0. The summed E-state index contributed by atoms with van der Waals surface area (Å²) < 4.78 is 0. The van der Waals surface area contributed by atoms with E-state index >= 15 is 0 Å². The van der Waals surface area contributed by atoms with Crippen LogP contribution in [0.4, 0.5) is 0 Å². The van der Waals surface area contributed by atoms with Crippen molar-refractivity contribution in [2.24, 2.45) is 17.6 Å². The minimum atomic E-state index is -0.573. The van der Waals surface area contributed by atoms with Gasteiger partial charge in [-0.2, -0.15) is 0 Å². The molecular formula is C14H19N5O2. The Morgan fingerprint density at radius 1 is 1.24 bits per heavy atom. The molecule has 1 heterocycles. The Balaban J connectivity index is 2.31. The summed E-state index contributed by atoms with van der Waals surface area (Å²) in [6.07, 6.45) is 0.394. The number of para-hydroxylation sites is 1. The van der Waals surface area contributed by atoms with E-state index in [9.17, 15) is 9.59 Å². The number of carbonyl (C=O) groups is 2. The van der Waals surface area contributed by atoms with Crippen LogP contribution < -0.4 is 22.5 Å². The van der Waals surface area contributed by atoms with E-state index in [0.717, 1.165) is 22.2 Å². The molecule has 0 radical (unpaired) electrons. The van der Waals surface area contributed by atoms with E-state index in [2.05, 4.69) is 10.4 Å². The van der Waals surface area contributed by atoms with Crippen molar-refractivity contribution in [2.75, 3.05) is 0 Å². The SMILES string of the molecule is Cc1[nH]c2ccccc2c1C[C@H](CC(=O)NN)C(=O)NN. The molecule has 1 aromatic carbocycles. The van der Waals surface area contributed by atoms with Gasteiger partial charge in [-0.25, -0.2) is 11.7 Å². The van der Waals surface area contributed by atoms with Crippen LogP contribution in [0.15, 0.2) is 24.3 Å². The topological polar surface area (TPSA) is 126 Å². The third-order valence-electron chi connectivity index (χ3n) is 3.58. The van der Waals surface area contributed by atoms with Crippen molar-refractivity contribution in [3.05, 3.63) is 35.5 Å². The summed E-state index contributed by atoms with van der Waals surface area (Å²) in [6, 6.07) is 7.82. The van der Waals surface area contributed by atoms with Gasteiger partial charge >= 0.3 is 0 Å². The fourth-order valence-electron chi connectivity index (χ4n) is 2.50. The van der Waals surface area contributed by atoms with E-state index < -0.39 is 11.8 Å². The predicted molar refractivity (Wildman–Crippen MR) is 79.5 cm³/mol. The molecule has 0 aliphatic carbocycles. The maximum absolute atomic E-state index is 11.9. The first-order valence-corrected chi connectivity index (χ1v) is 6.63. The molecule has 1 aromatic heterocycles. The minimum Gasteiger partial charge on any atom is -0.358 e. The van der Waals surface area contributed by atoms with E-state index in [-0.39, 0.29) is 12.3 Å². The molecule has 0 saturated heterocycles. The lowest BCUT2D eigenvalue weighted by Gasteiger charge is -2.14. The second-order valence-corrected chi connectivity index (χ2v) is 4.96. The first kappa shape index (κ1) is 15.0. The number of nitrogens with one attached hydrogen (secondary N) is 3. The van der Waals surface area contributed by atoms with Gasteiger partial charge in [0.15, 0.2) is 0 Å². The van der Waals surface area contributed by atoms with Crippen LogP contribution in [0.2, 0.25) is 0 Å². The van der Waals surface area contributed by atoms with Crippen molar-refractivity contribution in [1.29, 1.82) is 0 Å². The van der Waals surface area contributed by atoms with Crippen LogP contribution in [0.3, 0.4) is 0 Å². The first-order valence-electron chi connectivity index (χ1n) is 6.63. The number of aromatic nitrogens is 1. The molecular weight excluding hydrogens is 270 g/mol. The van der Waals surface area contributed by atoms with Gasteiger partial charge in [0.05, 0.1) is 5.92 Å². The number of hydrazine groups is 2. The second-order valence-electron chi connectivity index (χ2n) is 4.96. The molecule has 0 bridgehead atoms. The summed E-state index contributed by atoms with van der Waals surface area (Å²) in [6.45, 7) is 1.94. The maximum Gasteiger partial charge on any atom is 0.237 e. The van der Waals surface area contributed by atoms with Crippen molar-refractivity contribution in [3.63, 3.8) is 0 Å². The highest BCUT2D eigenvalue weighted by molar-refractivity contribution is 5.88. The normalized spacial score (nSPS) is 12.1. The van der Waals surface area contributed by atoms with Crippen molar-refractivity contribution < 1.29 is 9.59 Å². The Bertz CT molecular complexity index is 664. The maximum atomic E-state index is 11.9. The van der Waals surface area contributed by atoms with Crippen LogP contribution in [0, 0.1) is 12.8 Å². The second kappa shape index (κ2) is 6.38. The summed E-state index contributed by atoms with van der Waals surface area (Å²) in [4.78, 5) is 26.6. The molecule has 7 N–H and O–H groups in total. The Labute approximate surface area is 122 Å². The van der Waals surface area contributed by atoms with Crippen LogP contribution in [0.1, 0.15) is 17.7 Å². The molecule has 112 valence electrons. The number of fused-ring (bicyclic) bond motifs is 1. The average molecular weight is 289 g/mol. The summed E-state index contributed by atoms with van der Waals surface area (Å²) in [5.41, 5.74) is 7.12. The van der Waals surface area contributed by atoms with Gasteiger partial charge in [0, 0.05) is 23.0 Å². The Morgan fingerprint density at radius 3 is 2.62 bits per heavy atom. The van der Waals surface area contributed by atoms with Crippen LogP contribution in [-0.4, -0.2) is 16.8 Å². The molecule has 0 unspecified atom stereocenters. The highest BCUT2D eigenvalue weighted by Crippen LogP contribution is 2.25. The van der Waals surface area contributed by atoms with Gasteiger partial charge in [-0.3, -0.25) is 20.4 Å². The van der Waals surface area contributed by atoms with E-state index in [4.69, 9.17) is 11.7 Å². The van der Waals surface area contributed by atoms with Crippen molar-refractivity contribution in [2.45, 2.75) is 19.8 Å². The fraction of sp³-hybridized carbons (Fsp3) is 0.286. The number of H-pyrrole nitrogens is 1. The summed E-state index contributed by atoms with van der Waals surface area (Å²) in [5.74, 6) is 8.93. The largest absolute Gasteiger partial charge is 0.358 e. The Hall–Kier alpha value is -2.38.